The Hall–Kier alpha value is -1.06. The second-order valence-electron chi connectivity index (χ2n) is 6.25. The molecule has 2 unspecified atom stereocenters. The summed E-state index contributed by atoms with van der Waals surface area (Å²) in [6.07, 6.45) is 3.97. The first-order chi connectivity index (χ1) is 10.1. The van der Waals surface area contributed by atoms with Crippen molar-refractivity contribution in [2.75, 3.05) is 13.2 Å². The van der Waals surface area contributed by atoms with E-state index in [2.05, 4.69) is 12.2 Å². The molecule has 0 radical (unpaired) electrons. The third kappa shape index (κ3) is 3.09. The molecule has 21 heavy (non-hydrogen) atoms. The number of hydrogen-bond acceptors (Lipinski definition) is 2. The van der Waals surface area contributed by atoms with Crippen LogP contribution in [0.3, 0.4) is 0 Å². The van der Waals surface area contributed by atoms with E-state index in [0.29, 0.717) is 0 Å². The van der Waals surface area contributed by atoms with Crippen LogP contribution in [0.15, 0.2) is 24.3 Å². The zero-order valence-corrected chi connectivity index (χ0v) is 13.2. The van der Waals surface area contributed by atoms with Crippen molar-refractivity contribution in [3.8, 4) is 0 Å². The van der Waals surface area contributed by atoms with Crippen molar-refractivity contribution < 1.29 is 9.53 Å². The van der Waals surface area contributed by atoms with Gasteiger partial charge < -0.3 is 10.1 Å². The molecule has 1 heterocycles. The van der Waals surface area contributed by atoms with Crippen LogP contribution in [-0.4, -0.2) is 19.1 Å². The van der Waals surface area contributed by atoms with Gasteiger partial charge in [0.1, 0.15) is 0 Å². The minimum atomic E-state index is 0.0762. The van der Waals surface area contributed by atoms with Crippen molar-refractivity contribution in [2.45, 2.75) is 38.6 Å². The summed E-state index contributed by atoms with van der Waals surface area (Å²) >= 11 is 5.92. The highest BCUT2D eigenvalue weighted by molar-refractivity contribution is 6.30. The number of rotatable bonds is 4. The van der Waals surface area contributed by atoms with Gasteiger partial charge in [-0.1, -0.05) is 30.7 Å². The van der Waals surface area contributed by atoms with E-state index in [4.69, 9.17) is 16.3 Å². The fourth-order valence-electron chi connectivity index (χ4n) is 3.44. The molecule has 3 rings (SSSR count). The normalized spacial score (nSPS) is 24.6. The van der Waals surface area contributed by atoms with Crippen LogP contribution in [-0.2, 0) is 9.53 Å². The molecule has 1 aromatic rings. The summed E-state index contributed by atoms with van der Waals surface area (Å²) in [4.78, 5) is 12.5. The van der Waals surface area contributed by atoms with Gasteiger partial charge in [-0.05, 0) is 48.8 Å². The molecule has 0 bridgehead atoms. The lowest BCUT2D eigenvalue weighted by atomic mass is 9.93. The lowest BCUT2D eigenvalue weighted by molar-refractivity contribution is -0.124. The Labute approximate surface area is 131 Å². The number of ether oxygens (including phenoxy) is 1. The van der Waals surface area contributed by atoms with Gasteiger partial charge in [0.05, 0.1) is 6.04 Å². The predicted molar refractivity (Wildman–Crippen MR) is 83.2 cm³/mol. The lowest BCUT2D eigenvalue weighted by Crippen LogP contribution is -2.32. The summed E-state index contributed by atoms with van der Waals surface area (Å²) in [6.45, 7) is 3.70. The lowest BCUT2D eigenvalue weighted by Gasteiger charge is -2.24. The van der Waals surface area contributed by atoms with Crippen LogP contribution in [0.2, 0.25) is 5.02 Å². The highest BCUT2D eigenvalue weighted by atomic mass is 35.5. The Kier molecular flexibility index (Phi) is 4.23. The second kappa shape index (κ2) is 5.98. The first-order valence-corrected chi connectivity index (χ1v) is 8.16. The molecule has 1 spiro atoms. The SMILES string of the molecule is CCC(NC(=O)C1CC12CCOCC2)c1ccc(Cl)cc1. The number of hydrogen-bond donors (Lipinski definition) is 1. The van der Waals surface area contributed by atoms with E-state index in [9.17, 15) is 4.79 Å². The molecule has 1 N–H and O–H groups in total. The van der Waals surface area contributed by atoms with Crippen molar-refractivity contribution in [1.29, 1.82) is 0 Å². The fraction of sp³-hybridized carbons (Fsp3) is 0.588. The number of halogens is 1. The highest BCUT2D eigenvalue weighted by Gasteiger charge is 2.58. The van der Waals surface area contributed by atoms with Crippen LogP contribution in [0.1, 0.15) is 44.2 Å². The van der Waals surface area contributed by atoms with E-state index in [1.54, 1.807) is 0 Å². The Bertz CT molecular complexity index is 508. The zero-order valence-electron chi connectivity index (χ0n) is 12.4. The minimum Gasteiger partial charge on any atom is -0.381 e. The number of carbonyl (C=O) groups excluding carboxylic acids is 1. The maximum absolute atomic E-state index is 12.5. The quantitative estimate of drug-likeness (QED) is 0.920. The molecule has 1 aliphatic heterocycles. The monoisotopic (exact) mass is 307 g/mol. The van der Waals surface area contributed by atoms with Gasteiger partial charge in [0.25, 0.3) is 0 Å². The summed E-state index contributed by atoms with van der Waals surface area (Å²) in [5.41, 5.74) is 1.36. The Balaban J connectivity index is 1.62. The Morgan fingerprint density at radius 2 is 2.05 bits per heavy atom. The Morgan fingerprint density at radius 1 is 1.38 bits per heavy atom. The molecule has 1 amide bonds. The summed E-state index contributed by atoms with van der Waals surface area (Å²) in [7, 11) is 0. The first-order valence-electron chi connectivity index (χ1n) is 7.78. The summed E-state index contributed by atoms with van der Waals surface area (Å²) < 4.78 is 5.41. The molecule has 1 aromatic carbocycles. The number of nitrogens with one attached hydrogen (secondary N) is 1. The number of benzene rings is 1. The molecule has 2 fully saturated rings. The van der Waals surface area contributed by atoms with Crippen LogP contribution in [0, 0.1) is 11.3 Å². The van der Waals surface area contributed by atoms with Crippen molar-refractivity contribution in [3.63, 3.8) is 0 Å². The first kappa shape index (κ1) is 14.9. The average Bonchev–Trinajstić information content (AvgIpc) is 3.20. The molecule has 114 valence electrons. The molecular weight excluding hydrogens is 286 g/mol. The van der Waals surface area contributed by atoms with Crippen LogP contribution in [0.5, 0.6) is 0 Å². The number of amides is 1. The van der Waals surface area contributed by atoms with Gasteiger partial charge in [0, 0.05) is 24.2 Å². The van der Waals surface area contributed by atoms with E-state index in [0.717, 1.165) is 49.5 Å². The van der Waals surface area contributed by atoms with Gasteiger partial charge in [-0.25, -0.2) is 0 Å². The summed E-state index contributed by atoms with van der Waals surface area (Å²) in [5, 5.41) is 3.94. The molecule has 1 saturated heterocycles. The average molecular weight is 308 g/mol. The van der Waals surface area contributed by atoms with E-state index in [1.165, 1.54) is 0 Å². The van der Waals surface area contributed by atoms with Crippen molar-refractivity contribution in [2.24, 2.45) is 11.3 Å². The molecule has 1 aliphatic carbocycles. The largest absolute Gasteiger partial charge is 0.381 e. The number of carbonyl (C=O) groups is 1. The van der Waals surface area contributed by atoms with E-state index in [-0.39, 0.29) is 23.3 Å². The van der Waals surface area contributed by atoms with Crippen LogP contribution in [0.25, 0.3) is 0 Å². The zero-order chi connectivity index (χ0) is 14.9. The van der Waals surface area contributed by atoms with Crippen molar-refractivity contribution in [3.05, 3.63) is 34.9 Å². The highest BCUT2D eigenvalue weighted by Crippen LogP contribution is 2.59. The third-order valence-electron chi connectivity index (χ3n) is 4.99. The van der Waals surface area contributed by atoms with E-state index < -0.39 is 0 Å². The van der Waals surface area contributed by atoms with E-state index >= 15 is 0 Å². The van der Waals surface area contributed by atoms with Crippen LogP contribution >= 0.6 is 11.6 Å². The third-order valence-corrected chi connectivity index (χ3v) is 5.24. The Morgan fingerprint density at radius 3 is 2.67 bits per heavy atom. The minimum absolute atomic E-state index is 0.0762. The smallest absolute Gasteiger partial charge is 0.224 e. The van der Waals surface area contributed by atoms with Crippen molar-refractivity contribution in [1.82, 2.24) is 5.32 Å². The molecular formula is C17H22ClNO2. The molecule has 1 saturated carbocycles. The standard InChI is InChI=1S/C17H22ClNO2/c1-2-15(12-3-5-13(18)6-4-12)19-16(20)14-11-17(14)7-9-21-10-8-17/h3-6,14-15H,2,7-11H2,1H3,(H,19,20). The summed E-state index contributed by atoms with van der Waals surface area (Å²) in [6, 6.07) is 7.82. The van der Waals surface area contributed by atoms with Gasteiger partial charge in [0.15, 0.2) is 0 Å². The summed E-state index contributed by atoms with van der Waals surface area (Å²) in [5.74, 6) is 0.390. The molecule has 2 atom stereocenters. The maximum atomic E-state index is 12.5. The fourth-order valence-corrected chi connectivity index (χ4v) is 3.56. The maximum Gasteiger partial charge on any atom is 0.224 e. The van der Waals surface area contributed by atoms with E-state index in [1.807, 2.05) is 24.3 Å². The van der Waals surface area contributed by atoms with Gasteiger partial charge >= 0.3 is 0 Å². The van der Waals surface area contributed by atoms with Crippen molar-refractivity contribution >= 4 is 17.5 Å². The topological polar surface area (TPSA) is 38.3 Å². The molecule has 4 heteroatoms. The molecule has 3 nitrogen and oxygen atoms in total. The van der Waals surface area contributed by atoms with Gasteiger partial charge in [0.2, 0.25) is 5.91 Å². The van der Waals surface area contributed by atoms with Crippen LogP contribution in [0.4, 0.5) is 0 Å². The van der Waals surface area contributed by atoms with Crippen LogP contribution < -0.4 is 5.32 Å². The van der Waals surface area contributed by atoms with Gasteiger partial charge in [-0.2, -0.15) is 0 Å². The predicted octanol–water partition coefficient (Wildman–Crippen LogP) is 3.72. The van der Waals surface area contributed by atoms with Gasteiger partial charge in [-0.15, -0.1) is 0 Å². The molecule has 0 aromatic heterocycles. The molecule has 2 aliphatic rings. The second-order valence-corrected chi connectivity index (χ2v) is 6.69. The van der Waals surface area contributed by atoms with Gasteiger partial charge in [-0.3, -0.25) is 4.79 Å².